The van der Waals surface area contributed by atoms with Crippen molar-refractivity contribution in [1.29, 1.82) is 0 Å². The van der Waals surface area contributed by atoms with E-state index in [1.807, 2.05) is 18.7 Å². The van der Waals surface area contributed by atoms with Gasteiger partial charge in [-0.05, 0) is 55.8 Å². The number of thiol groups is 1. The van der Waals surface area contributed by atoms with Gasteiger partial charge in [-0.25, -0.2) is 12.8 Å². The van der Waals surface area contributed by atoms with Crippen LogP contribution in [0.4, 0.5) is 10.1 Å². The Bertz CT molecular complexity index is 880. The number of halogens is 1. The van der Waals surface area contributed by atoms with Crippen molar-refractivity contribution in [1.82, 2.24) is 9.80 Å². The largest absolute Gasteiger partial charge is 0.331 e. The van der Waals surface area contributed by atoms with Gasteiger partial charge in [-0.15, -0.1) is 0 Å². The molecule has 1 aliphatic rings. The maximum atomic E-state index is 13.1. The van der Waals surface area contributed by atoms with Crippen LogP contribution in [0.2, 0.25) is 0 Å². The summed E-state index contributed by atoms with van der Waals surface area (Å²) in [5, 5.41) is 0. The molecule has 1 heterocycles. The lowest BCUT2D eigenvalue weighted by Crippen LogP contribution is -2.58. The topological polar surface area (TPSA) is 69.7 Å². The van der Waals surface area contributed by atoms with E-state index in [2.05, 4.69) is 9.62 Å². The summed E-state index contributed by atoms with van der Waals surface area (Å²) in [7, 11) is -2.73. The van der Waals surface area contributed by atoms with Gasteiger partial charge in [0.2, 0.25) is 10.9 Å². The number of rotatable bonds is 5. The molecule has 2 unspecified atom stereocenters. The molecule has 0 radical (unpaired) electrons. The van der Waals surface area contributed by atoms with Gasteiger partial charge in [0.1, 0.15) is 5.82 Å². The molecule has 0 saturated carbocycles. The summed E-state index contributed by atoms with van der Waals surface area (Å²) in [5.74, 6) is -0.316. The first-order chi connectivity index (χ1) is 13.3. The van der Waals surface area contributed by atoms with Gasteiger partial charge in [-0.1, -0.05) is 12.1 Å². The Balaban J connectivity index is 1.66. The summed E-state index contributed by atoms with van der Waals surface area (Å²) in [6, 6.07) is 13.0. The van der Waals surface area contributed by atoms with Crippen LogP contribution in [0, 0.1) is 5.82 Å². The molecule has 3 rings (SSSR count). The second kappa shape index (κ2) is 8.70. The van der Waals surface area contributed by atoms with Crippen LogP contribution in [0.15, 0.2) is 48.5 Å². The minimum absolute atomic E-state index is 0.0191. The highest BCUT2D eigenvalue weighted by molar-refractivity contribution is 7.73. The lowest BCUT2D eigenvalue weighted by molar-refractivity contribution is 0.0268. The molecule has 1 fully saturated rings. The fraction of sp³-hybridized carbons (Fsp3) is 0.350. The Morgan fingerprint density at radius 2 is 1.61 bits per heavy atom. The monoisotopic (exact) mass is 405 g/mol. The van der Waals surface area contributed by atoms with E-state index in [0.29, 0.717) is 17.8 Å². The van der Waals surface area contributed by atoms with Crippen molar-refractivity contribution in [2.24, 2.45) is 0 Å². The van der Waals surface area contributed by atoms with E-state index in [-0.39, 0.29) is 23.8 Å². The molecule has 1 saturated heterocycles. The second-order valence-corrected chi connectivity index (χ2v) is 7.92. The Morgan fingerprint density at radius 3 is 2.14 bits per heavy atom. The van der Waals surface area contributed by atoms with E-state index in [9.17, 15) is 17.6 Å². The Morgan fingerprint density at radius 1 is 1.04 bits per heavy atom. The summed E-state index contributed by atoms with van der Waals surface area (Å²) in [6.07, 6.45) is 0. The predicted molar refractivity (Wildman–Crippen MR) is 107 cm³/mol. The average molecular weight is 405 g/mol. The van der Waals surface area contributed by atoms with Crippen molar-refractivity contribution in [2.75, 3.05) is 17.8 Å². The summed E-state index contributed by atoms with van der Waals surface area (Å²) >= 11 is 0. The van der Waals surface area contributed by atoms with Crippen LogP contribution >= 0.6 is 0 Å². The number of piperazine rings is 1. The number of hydrogen-bond donors (Lipinski definition) is 2. The van der Waals surface area contributed by atoms with Crippen LogP contribution in [0.3, 0.4) is 0 Å². The van der Waals surface area contributed by atoms with Crippen molar-refractivity contribution in [3.63, 3.8) is 0 Å². The lowest BCUT2D eigenvalue weighted by Gasteiger charge is -2.44. The van der Waals surface area contributed by atoms with E-state index < -0.39 is 10.9 Å². The van der Waals surface area contributed by atoms with Crippen LogP contribution in [-0.2, 0) is 17.4 Å². The number of amides is 1. The van der Waals surface area contributed by atoms with Gasteiger partial charge in [-0.2, -0.15) is 0 Å². The highest BCUT2D eigenvalue weighted by Gasteiger charge is 2.33. The Kier molecular flexibility index (Phi) is 6.31. The third kappa shape index (κ3) is 4.88. The van der Waals surface area contributed by atoms with Gasteiger partial charge in [0.05, 0.1) is 0 Å². The molecule has 2 aromatic rings. The van der Waals surface area contributed by atoms with E-state index in [1.54, 1.807) is 36.4 Å². The smallest absolute Gasteiger partial charge is 0.254 e. The summed E-state index contributed by atoms with van der Waals surface area (Å²) < 4.78 is 36.8. The van der Waals surface area contributed by atoms with Gasteiger partial charge in [0.15, 0.2) is 0 Å². The number of carbonyl (C=O) groups excluding carboxylic acids is 1. The van der Waals surface area contributed by atoms with Gasteiger partial charge in [-0.3, -0.25) is 14.4 Å². The Hall–Kier alpha value is -2.45. The van der Waals surface area contributed by atoms with Crippen LogP contribution in [0.5, 0.6) is 0 Å². The van der Waals surface area contributed by atoms with E-state index in [0.717, 1.165) is 18.7 Å². The zero-order valence-corrected chi connectivity index (χ0v) is 16.7. The number of carbonyl (C=O) groups is 1. The van der Waals surface area contributed by atoms with Crippen molar-refractivity contribution < 1.29 is 17.6 Å². The molecule has 0 spiro atoms. The first-order valence-corrected chi connectivity index (χ1v) is 10.3. The normalized spacial score (nSPS) is 20.4. The minimum Gasteiger partial charge on any atom is -0.331 e. The van der Waals surface area contributed by atoms with Gasteiger partial charge >= 0.3 is 0 Å². The maximum absolute atomic E-state index is 13.1. The maximum Gasteiger partial charge on any atom is 0.254 e. The molecule has 6 nitrogen and oxygen atoms in total. The first kappa shape index (κ1) is 20.3. The lowest BCUT2D eigenvalue weighted by atomic mass is 10.0. The third-order valence-corrected chi connectivity index (χ3v) is 5.34. The molecule has 1 amide bonds. The molecule has 2 aromatic carbocycles. The molecule has 1 N–H and O–H groups in total. The van der Waals surface area contributed by atoms with Gasteiger partial charge in [0, 0.05) is 43.0 Å². The molecule has 0 aliphatic carbocycles. The quantitative estimate of drug-likeness (QED) is 0.750. The number of benzene rings is 2. The standard InChI is InChI=1S/C20H24FN3O3S/c1-14-11-23(13-16-3-7-18(21)8-4-16)12-15(2)24(14)20(25)17-5-9-19(10-6-17)22-28(26)27/h3-10,14-15,28H,11-13H2,1-2H3,(H,22,26,27). The van der Waals surface area contributed by atoms with Gasteiger partial charge < -0.3 is 4.90 Å². The molecule has 1 aliphatic heterocycles. The van der Waals surface area contributed by atoms with Crippen LogP contribution < -0.4 is 4.72 Å². The zero-order chi connectivity index (χ0) is 20.3. The van der Waals surface area contributed by atoms with Gasteiger partial charge in [0.25, 0.3) is 5.91 Å². The fourth-order valence-electron chi connectivity index (χ4n) is 3.75. The molecule has 150 valence electrons. The predicted octanol–water partition coefficient (Wildman–Crippen LogP) is 2.50. The van der Waals surface area contributed by atoms with Crippen molar-refractivity contribution >= 4 is 22.5 Å². The van der Waals surface area contributed by atoms with E-state index in [4.69, 9.17) is 0 Å². The highest BCUT2D eigenvalue weighted by Crippen LogP contribution is 2.21. The van der Waals surface area contributed by atoms with Crippen molar-refractivity contribution in [3.05, 3.63) is 65.5 Å². The summed E-state index contributed by atoms with van der Waals surface area (Å²) in [6.45, 7) is 6.20. The molecular formula is C20H24FN3O3S. The summed E-state index contributed by atoms with van der Waals surface area (Å²) in [5.41, 5.74) is 2.00. The molecule has 28 heavy (non-hydrogen) atoms. The second-order valence-electron chi connectivity index (χ2n) is 7.18. The summed E-state index contributed by atoms with van der Waals surface area (Å²) in [4.78, 5) is 17.1. The molecule has 8 heteroatoms. The van der Waals surface area contributed by atoms with Crippen molar-refractivity contribution in [3.8, 4) is 0 Å². The van der Waals surface area contributed by atoms with Crippen LogP contribution in [0.25, 0.3) is 0 Å². The highest BCUT2D eigenvalue weighted by atomic mass is 32.2. The van der Waals surface area contributed by atoms with Crippen LogP contribution in [0.1, 0.15) is 29.8 Å². The fourth-order valence-corrected chi connectivity index (χ4v) is 4.11. The minimum atomic E-state index is -2.73. The van der Waals surface area contributed by atoms with Crippen molar-refractivity contribution in [2.45, 2.75) is 32.5 Å². The number of nitrogens with zero attached hydrogens (tertiary/aromatic N) is 2. The average Bonchev–Trinajstić information content (AvgIpc) is 2.63. The number of hydrogen-bond acceptors (Lipinski definition) is 4. The molecule has 0 bridgehead atoms. The molecular weight excluding hydrogens is 381 g/mol. The third-order valence-electron chi connectivity index (χ3n) is 4.90. The Labute approximate surface area is 166 Å². The number of anilines is 1. The first-order valence-electron chi connectivity index (χ1n) is 9.14. The molecule has 2 atom stereocenters. The zero-order valence-electron chi connectivity index (χ0n) is 15.8. The number of nitrogens with one attached hydrogen (secondary N) is 1. The SMILES string of the molecule is CC1CN(Cc2ccc(F)cc2)CC(C)N1C(=O)c1ccc(N[SH](=O)=O)cc1. The van der Waals surface area contributed by atoms with E-state index in [1.165, 1.54) is 12.1 Å². The molecule has 0 aromatic heterocycles. The van der Waals surface area contributed by atoms with Crippen LogP contribution in [-0.4, -0.2) is 49.3 Å². The van der Waals surface area contributed by atoms with E-state index >= 15 is 0 Å².